The van der Waals surface area contributed by atoms with Gasteiger partial charge in [0.2, 0.25) is 0 Å². The van der Waals surface area contributed by atoms with Gasteiger partial charge in [-0.2, -0.15) is 0 Å². The van der Waals surface area contributed by atoms with Gasteiger partial charge in [0.05, 0.1) is 18.6 Å². The van der Waals surface area contributed by atoms with E-state index in [2.05, 4.69) is 4.74 Å². The molecule has 23 heavy (non-hydrogen) atoms. The minimum atomic E-state index is -0.420. The fourth-order valence-corrected chi connectivity index (χ4v) is 2.36. The van der Waals surface area contributed by atoms with Crippen LogP contribution in [0.5, 0.6) is 5.75 Å². The average Bonchev–Trinajstić information content (AvgIpc) is 2.60. The largest absolute Gasteiger partial charge is 0.465 e. The highest BCUT2D eigenvalue weighted by molar-refractivity contribution is 5.89. The monoisotopic (exact) mass is 312 g/mol. The molecule has 0 aliphatic heterocycles. The molecule has 0 heterocycles. The first-order valence-electron chi connectivity index (χ1n) is 7.60. The molecule has 0 N–H and O–H groups in total. The second-order valence-electron chi connectivity index (χ2n) is 5.19. The van der Waals surface area contributed by atoms with E-state index in [0.29, 0.717) is 11.3 Å². The van der Waals surface area contributed by atoms with Gasteiger partial charge in [0.1, 0.15) is 5.75 Å². The summed E-state index contributed by atoms with van der Waals surface area (Å²) in [6.45, 7) is 2.04. The quantitative estimate of drug-likeness (QED) is 0.598. The standard InChI is InChI=1S/C19H20O4/c1-3-7-17(14-8-5-4-6-9-14)19(21)23-16-12-10-15(11-13-16)18(20)22-2/h4-6,8-13,17H,3,7H2,1-2H3. The number of rotatable bonds is 6. The lowest BCUT2D eigenvalue weighted by atomic mass is 9.95. The maximum absolute atomic E-state index is 12.5. The van der Waals surface area contributed by atoms with Crippen LogP contribution < -0.4 is 4.74 Å². The highest BCUT2D eigenvalue weighted by Gasteiger charge is 2.21. The zero-order chi connectivity index (χ0) is 16.7. The molecule has 2 rings (SSSR count). The van der Waals surface area contributed by atoms with Gasteiger partial charge in [0.25, 0.3) is 0 Å². The molecule has 4 heteroatoms. The molecule has 2 aromatic rings. The number of carbonyl (C=O) groups is 2. The number of carbonyl (C=O) groups excluding carboxylic acids is 2. The van der Waals surface area contributed by atoms with E-state index in [1.807, 2.05) is 37.3 Å². The summed E-state index contributed by atoms with van der Waals surface area (Å²) in [4.78, 5) is 23.9. The highest BCUT2D eigenvalue weighted by atomic mass is 16.5. The summed E-state index contributed by atoms with van der Waals surface area (Å²) in [6, 6.07) is 16.0. The van der Waals surface area contributed by atoms with Crippen LogP contribution in [0.3, 0.4) is 0 Å². The molecule has 1 atom stereocenters. The van der Waals surface area contributed by atoms with Crippen molar-refractivity contribution in [2.24, 2.45) is 0 Å². The van der Waals surface area contributed by atoms with Gasteiger partial charge < -0.3 is 9.47 Å². The first-order chi connectivity index (χ1) is 11.2. The Morgan fingerprint density at radius 3 is 2.22 bits per heavy atom. The van der Waals surface area contributed by atoms with Crippen molar-refractivity contribution in [1.82, 2.24) is 0 Å². The van der Waals surface area contributed by atoms with Crippen molar-refractivity contribution in [3.05, 3.63) is 65.7 Å². The molecule has 120 valence electrons. The summed E-state index contributed by atoms with van der Waals surface area (Å²) < 4.78 is 10.1. The normalized spacial score (nSPS) is 11.6. The summed E-state index contributed by atoms with van der Waals surface area (Å²) in [5, 5.41) is 0. The Morgan fingerprint density at radius 1 is 1.00 bits per heavy atom. The summed E-state index contributed by atoms with van der Waals surface area (Å²) in [5.74, 6) is -0.582. The molecule has 2 aromatic carbocycles. The lowest BCUT2D eigenvalue weighted by molar-refractivity contribution is -0.136. The SMILES string of the molecule is CCCC(C(=O)Oc1ccc(C(=O)OC)cc1)c1ccccc1. The first-order valence-corrected chi connectivity index (χ1v) is 7.60. The minimum Gasteiger partial charge on any atom is -0.465 e. The van der Waals surface area contributed by atoms with Crippen LogP contribution in [0, 0.1) is 0 Å². The van der Waals surface area contributed by atoms with Crippen LogP contribution in [-0.4, -0.2) is 19.0 Å². The Kier molecular flexibility index (Phi) is 5.92. The molecule has 0 fully saturated rings. The van der Waals surface area contributed by atoms with Crippen molar-refractivity contribution in [1.29, 1.82) is 0 Å². The van der Waals surface area contributed by atoms with E-state index in [0.717, 1.165) is 18.4 Å². The van der Waals surface area contributed by atoms with Crippen LogP contribution in [0.4, 0.5) is 0 Å². The van der Waals surface area contributed by atoms with Gasteiger partial charge in [0, 0.05) is 0 Å². The molecule has 0 saturated carbocycles. The van der Waals surface area contributed by atoms with E-state index in [-0.39, 0.29) is 11.9 Å². The number of methoxy groups -OCH3 is 1. The van der Waals surface area contributed by atoms with Gasteiger partial charge >= 0.3 is 11.9 Å². The van der Waals surface area contributed by atoms with Crippen molar-refractivity contribution < 1.29 is 19.1 Å². The van der Waals surface area contributed by atoms with Crippen molar-refractivity contribution in [3.63, 3.8) is 0 Å². The van der Waals surface area contributed by atoms with Gasteiger partial charge in [-0.3, -0.25) is 4.79 Å². The molecule has 1 unspecified atom stereocenters. The van der Waals surface area contributed by atoms with Gasteiger partial charge in [0.15, 0.2) is 0 Å². The number of hydrogen-bond acceptors (Lipinski definition) is 4. The molecule has 0 aromatic heterocycles. The predicted molar refractivity (Wildman–Crippen MR) is 87.5 cm³/mol. The van der Waals surface area contributed by atoms with Crippen molar-refractivity contribution in [3.8, 4) is 5.75 Å². The smallest absolute Gasteiger partial charge is 0.337 e. The van der Waals surface area contributed by atoms with Gasteiger partial charge in [-0.15, -0.1) is 0 Å². The summed E-state index contributed by atoms with van der Waals surface area (Å²) in [5.41, 5.74) is 1.37. The molecular formula is C19H20O4. The molecular weight excluding hydrogens is 292 g/mol. The Balaban J connectivity index is 2.11. The zero-order valence-electron chi connectivity index (χ0n) is 13.3. The second kappa shape index (κ2) is 8.13. The van der Waals surface area contributed by atoms with Crippen LogP contribution >= 0.6 is 0 Å². The second-order valence-corrected chi connectivity index (χ2v) is 5.19. The van der Waals surface area contributed by atoms with E-state index >= 15 is 0 Å². The maximum Gasteiger partial charge on any atom is 0.337 e. The number of esters is 2. The minimum absolute atomic E-state index is 0.288. The summed E-state index contributed by atoms with van der Waals surface area (Å²) >= 11 is 0. The number of ether oxygens (including phenoxy) is 2. The van der Waals surface area contributed by atoms with E-state index in [4.69, 9.17) is 4.74 Å². The molecule has 0 spiro atoms. The summed E-state index contributed by atoms with van der Waals surface area (Å²) in [7, 11) is 1.32. The van der Waals surface area contributed by atoms with E-state index in [1.54, 1.807) is 24.3 Å². The van der Waals surface area contributed by atoms with Crippen LogP contribution in [0.2, 0.25) is 0 Å². The highest BCUT2D eigenvalue weighted by Crippen LogP contribution is 2.24. The zero-order valence-corrected chi connectivity index (χ0v) is 13.3. The van der Waals surface area contributed by atoms with E-state index < -0.39 is 5.97 Å². The summed E-state index contributed by atoms with van der Waals surface area (Å²) in [6.07, 6.45) is 1.61. The topological polar surface area (TPSA) is 52.6 Å². The average molecular weight is 312 g/mol. The van der Waals surface area contributed by atoms with Crippen LogP contribution in [0.15, 0.2) is 54.6 Å². The Hall–Kier alpha value is -2.62. The fraction of sp³-hybridized carbons (Fsp3) is 0.263. The molecule has 0 bridgehead atoms. The third-order valence-electron chi connectivity index (χ3n) is 3.56. The van der Waals surface area contributed by atoms with E-state index in [1.165, 1.54) is 7.11 Å². The van der Waals surface area contributed by atoms with Crippen LogP contribution in [0.1, 0.15) is 41.6 Å². The molecule has 4 nitrogen and oxygen atoms in total. The molecule has 0 aliphatic rings. The third kappa shape index (κ3) is 4.42. The molecule has 0 amide bonds. The maximum atomic E-state index is 12.5. The van der Waals surface area contributed by atoms with Gasteiger partial charge in [-0.25, -0.2) is 4.79 Å². The third-order valence-corrected chi connectivity index (χ3v) is 3.56. The number of hydrogen-bond donors (Lipinski definition) is 0. The van der Waals surface area contributed by atoms with Gasteiger partial charge in [-0.1, -0.05) is 43.7 Å². The van der Waals surface area contributed by atoms with Gasteiger partial charge in [-0.05, 0) is 36.2 Å². The molecule has 0 aliphatic carbocycles. The van der Waals surface area contributed by atoms with Crippen LogP contribution in [-0.2, 0) is 9.53 Å². The Bertz CT molecular complexity index is 647. The molecule has 0 saturated heterocycles. The van der Waals surface area contributed by atoms with Crippen molar-refractivity contribution in [2.75, 3.05) is 7.11 Å². The lowest BCUT2D eigenvalue weighted by Crippen LogP contribution is -2.18. The van der Waals surface area contributed by atoms with Crippen molar-refractivity contribution in [2.45, 2.75) is 25.7 Å². The lowest BCUT2D eigenvalue weighted by Gasteiger charge is -2.15. The Morgan fingerprint density at radius 2 is 1.65 bits per heavy atom. The van der Waals surface area contributed by atoms with Crippen molar-refractivity contribution >= 4 is 11.9 Å². The predicted octanol–water partition coefficient (Wildman–Crippen LogP) is 3.96. The molecule has 0 radical (unpaired) electrons. The van der Waals surface area contributed by atoms with Crippen LogP contribution in [0.25, 0.3) is 0 Å². The van der Waals surface area contributed by atoms with E-state index in [9.17, 15) is 9.59 Å². The number of benzene rings is 2. The first kappa shape index (κ1) is 16.7. The Labute approximate surface area is 136 Å². The fourth-order valence-electron chi connectivity index (χ4n) is 2.36.